The van der Waals surface area contributed by atoms with E-state index < -0.39 is 7.82 Å². The van der Waals surface area contributed by atoms with Crippen molar-refractivity contribution in [2.24, 2.45) is 0 Å². The molecule has 0 aromatic rings. The largest absolute Gasteiger partial charge is 0.466 e. The molecule has 0 atom stereocenters. The van der Waals surface area contributed by atoms with Crippen molar-refractivity contribution >= 4 is 56.2 Å². The first-order valence-corrected chi connectivity index (χ1v) is 2.35. The zero-order valence-corrected chi connectivity index (χ0v) is 9.45. The van der Waals surface area contributed by atoms with Gasteiger partial charge in [-0.3, -0.25) is 0 Å². The van der Waals surface area contributed by atoms with Crippen LogP contribution in [0.3, 0.4) is 0 Å². The molecule has 7 radical (unpaired) electrons. The predicted octanol–water partition coefficient (Wildman–Crippen LogP) is -1.69. The van der Waals surface area contributed by atoms with Crippen molar-refractivity contribution in [3.05, 3.63) is 0 Å². The molecule has 0 bridgehead atoms. The van der Waals surface area contributed by atoms with Crippen LogP contribution in [0.2, 0.25) is 0 Å². The molecule has 0 aromatic carbocycles. The van der Waals surface area contributed by atoms with E-state index in [0.717, 1.165) is 0 Å². The van der Waals surface area contributed by atoms with Crippen LogP contribution < -0.4 is 0 Å². The third kappa shape index (κ3) is 85.0. The van der Waals surface area contributed by atoms with Crippen molar-refractivity contribution in [1.82, 2.24) is 0 Å². The normalized spacial score (nSPS) is 8.43. The van der Waals surface area contributed by atoms with Gasteiger partial charge in [0.1, 0.15) is 0 Å². The molecule has 7 heavy (non-hydrogen) atoms. The molecule has 41 valence electrons. The summed E-state index contributed by atoms with van der Waals surface area (Å²) in [5.74, 6) is 0. The standard InChI is InChI=1S/H3O4P.Sb.Sn/c1-5(2,3)4;;/h(H3,1,2,3,4);;. The topological polar surface area (TPSA) is 77.8 Å². The molecule has 0 saturated heterocycles. The van der Waals surface area contributed by atoms with Gasteiger partial charge in [0.2, 0.25) is 0 Å². The SMILES string of the molecule is O=P(O)(O)O.[Sb].[Sn]. The van der Waals surface area contributed by atoms with Gasteiger partial charge in [-0.15, -0.1) is 0 Å². The third-order valence-corrected chi connectivity index (χ3v) is 0. The molecule has 0 saturated carbocycles. The maximum Gasteiger partial charge on any atom is 0.466 e. The van der Waals surface area contributed by atoms with E-state index in [1.165, 1.54) is 0 Å². The molecule has 0 rings (SSSR count). The van der Waals surface area contributed by atoms with Crippen LogP contribution in [0.5, 0.6) is 0 Å². The summed E-state index contributed by atoms with van der Waals surface area (Å²) in [5.41, 5.74) is 0. The van der Waals surface area contributed by atoms with E-state index in [1.807, 2.05) is 0 Å². The van der Waals surface area contributed by atoms with Crippen molar-refractivity contribution in [3.63, 3.8) is 0 Å². The summed E-state index contributed by atoms with van der Waals surface area (Å²) in [6.07, 6.45) is 0. The van der Waals surface area contributed by atoms with Crippen LogP contribution in [-0.4, -0.2) is 63.0 Å². The molecule has 4 nitrogen and oxygen atoms in total. The summed E-state index contributed by atoms with van der Waals surface area (Å²) in [6, 6.07) is 0. The van der Waals surface area contributed by atoms with Gasteiger partial charge in [-0.05, 0) is 0 Å². The van der Waals surface area contributed by atoms with Gasteiger partial charge in [0.25, 0.3) is 0 Å². The van der Waals surface area contributed by atoms with E-state index in [9.17, 15) is 0 Å². The van der Waals surface area contributed by atoms with Crippen molar-refractivity contribution in [3.8, 4) is 0 Å². The molecular weight excluding hydrogens is 335 g/mol. The van der Waals surface area contributed by atoms with Gasteiger partial charge in [-0.25, -0.2) is 4.57 Å². The molecule has 0 fully saturated rings. The van der Waals surface area contributed by atoms with Gasteiger partial charge in [0.15, 0.2) is 0 Å². The molecule has 7 heteroatoms. The minimum atomic E-state index is -4.64. The summed E-state index contributed by atoms with van der Waals surface area (Å²) in [7, 11) is -4.64. The smallest absolute Gasteiger partial charge is 0.303 e. The molecule has 0 heterocycles. The second-order valence-corrected chi connectivity index (χ2v) is 1.54. The fraction of sp³-hybridized carbons (Fsp3) is 0. The quantitative estimate of drug-likeness (QED) is 0.364. The Bertz CT molecular complexity index is 57.8. The number of rotatable bonds is 0. The average molecular weight is 338 g/mol. The van der Waals surface area contributed by atoms with Gasteiger partial charge in [-0.2, -0.15) is 0 Å². The Morgan fingerprint density at radius 1 is 1.14 bits per heavy atom. The zero-order valence-electron chi connectivity index (χ0n) is 3.14. The maximum atomic E-state index is 8.88. The van der Waals surface area contributed by atoms with E-state index in [4.69, 9.17) is 19.2 Å². The van der Waals surface area contributed by atoms with Gasteiger partial charge >= 0.3 is 7.82 Å². The molecule has 3 N–H and O–H groups in total. The summed E-state index contributed by atoms with van der Waals surface area (Å²) in [6.45, 7) is 0. The minimum absolute atomic E-state index is 0. The van der Waals surface area contributed by atoms with Gasteiger partial charge in [0, 0.05) is 48.3 Å². The van der Waals surface area contributed by atoms with Gasteiger partial charge in [-0.1, -0.05) is 0 Å². The van der Waals surface area contributed by atoms with Crippen LogP contribution in [0, 0.1) is 0 Å². The van der Waals surface area contributed by atoms with Crippen LogP contribution in [0.4, 0.5) is 0 Å². The fourth-order valence-corrected chi connectivity index (χ4v) is 0. The van der Waals surface area contributed by atoms with Crippen molar-refractivity contribution in [2.75, 3.05) is 0 Å². The summed E-state index contributed by atoms with van der Waals surface area (Å²) in [5, 5.41) is 0. The molecule has 0 aromatic heterocycles. The van der Waals surface area contributed by atoms with Crippen LogP contribution in [-0.2, 0) is 4.57 Å². The maximum absolute atomic E-state index is 8.88. The molecule has 0 spiro atoms. The molecule has 0 aliphatic heterocycles. The number of hydrogen-bond donors (Lipinski definition) is 3. The monoisotopic (exact) mass is 339 g/mol. The molecule has 0 aliphatic carbocycles. The summed E-state index contributed by atoms with van der Waals surface area (Å²) < 4.78 is 8.88. The van der Waals surface area contributed by atoms with Crippen LogP contribution in [0.1, 0.15) is 0 Å². The molecule has 0 amide bonds. The average Bonchev–Trinajstić information content (AvgIpc) is 0.722. The van der Waals surface area contributed by atoms with Gasteiger partial charge in [0.05, 0.1) is 0 Å². The Balaban J connectivity index is -0.0000000800. The minimum Gasteiger partial charge on any atom is -0.303 e. The first kappa shape index (κ1) is 15.9. The Morgan fingerprint density at radius 2 is 1.14 bits per heavy atom. The fourth-order valence-electron chi connectivity index (χ4n) is 0. The van der Waals surface area contributed by atoms with Gasteiger partial charge < -0.3 is 14.7 Å². The first-order chi connectivity index (χ1) is 2.00. The van der Waals surface area contributed by atoms with Crippen molar-refractivity contribution in [1.29, 1.82) is 0 Å². The second-order valence-electron chi connectivity index (χ2n) is 0.513. The van der Waals surface area contributed by atoms with Crippen LogP contribution in [0.25, 0.3) is 0 Å². The Kier molecular flexibility index (Phi) is 13.3. The molecule has 0 aliphatic rings. The third-order valence-electron chi connectivity index (χ3n) is 0. The van der Waals surface area contributed by atoms with E-state index in [0.29, 0.717) is 0 Å². The van der Waals surface area contributed by atoms with Crippen LogP contribution >= 0.6 is 7.82 Å². The first-order valence-electron chi connectivity index (χ1n) is 0.783. The molecular formula is H3O4PSbSn. The Morgan fingerprint density at radius 3 is 1.14 bits per heavy atom. The van der Waals surface area contributed by atoms with E-state index in [-0.39, 0.29) is 48.3 Å². The van der Waals surface area contributed by atoms with E-state index >= 15 is 0 Å². The number of hydrogen-bond acceptors (Lipinski definition) is 1. The Labute approximate surface area is 75.0 Å². The number of phosphoric acid groups is 1. The summed E-state index contributed by atoms with van der Waals surface area (Å²) in [4.78, 5) is 21.6. The predicted molar refractivity (Wildman–Crippen MR) is 25.8 cm³/mol. The van der Waals surface area contributed by atoms with E-state index in [1.54, 1.807) is 0 Å². The van der Waals surface area contributed by atoms with Crippen molar-refractivity contribution < 1.29 is 19.2 Å². The van der Waals surface area contributed by atoms with Crippen LogP contribution in [0.15, 0.2) is 0 Å². The molecule has 0 unspecified atom stereocenters. The Hall–Kier alpha value is 1.73. The summed E-state index contributed by atoms with van der Waals surface area (Å²) >= 11 is 0. The second kappa shape index (κ2) is 5.86. The zero-order chi connectivity index (χ0) is 4.50. The van der Waals surface area contributed by atoms with E-state index in [2.05, 4.69) is 0 Å². The van der Waals surface area contributed by atoms with Crippen molar-refractivity contribution in [2.45, 2.75) is 0 Å².